The maximum absolute atomic E-state index is 12.2. The number of nitrogens with zero attached hydrogens (tertiary/aromatic N) is 1. The molecule has 0 bridgehead atoms. The van der Waals surface area contributed by atoms with E-state index in [0.717, 1.165) is 17.0 Å². The number of ether oxygens (including phenoxy) is 1. The van der Waals surface area contributed by atoms with Gasteiger partial charge in [-0.1, -0.05) is 48.5 Å². The lowest BCUT2D eigenvalue weighted by Gasteiger charge is -2.08. The molecule has 1 N–H and O–H groups in total. The SMILES string of the molecule is O=C(NCCOc1ccccc1)c1ccnc(-c2ccccc2)c1. The summed E-state index contributed by atoms with van der Waals surface area (Å²) < 4.78 is 5.56. The van der Waals surface area contributed by atoms with Gasteiger partial charge < -0.3 is 10.1 Å². The zero-order chi connectivity index (χ0) is 16.6. The van der Waals surface area contributed by atoms with Crippen LogP contribution >= 0.6 is 0 Å². The van der Waals surface area contributed by atoms with Gasteiger partial charge in [-0.2, -0.15) is 0 Å². The molecular weight excluding hydrogens is 300 g/mol. The molecule has 0 aliphatic carbocycles. The van der Waals surface area contributed by atoms with Crippen LogP contribution in [0.1, 0.15) is 10.4 Å². The lowest BCUT2D eigenvalue weighted by atomic mass is 10.1. The number of amides is 1. The van der Waals surface area contributed by atoms with E-state index in [0.29, 0.717) is 18.7 Å². The van der Waals surface area contributed by atoms with Crippen LogP contribution in [0.5, 0.6) is 5.75 Å². The summed E-state index contributed by atoms with van der Waals surface area (Å²) in [4.78, 5) is 16.6. The molecule has 0 spiro atoms. The number of carbonyl (C=O) groups excluding carboxylic acids is 1. The highest BCUT2D eigenvalue weighted by Gasteiger charge is 2.07. The Morgan fingerprint density at radius 1 is 0.958 bits per heavy atom. The number of rotatable bonds is 6. The first-order valence-electron chi connectivity index (χ1n) is 7.80. The van der Waals surface area contributed by atoms with Crippen LogP contribution in [0, 0.1) is 0 Å². The Morgan fingerprint density at radius 3 is 2.42 bits per heavy atom. The summed E-state index contributed by atoms with van der Waals surface area (Å²) in [5.41, 5.74) is 2.35. The van der Waals surface area contributed by atoms with Crippen LogP contribution in [-0.2, 0) is 0 Å². The van der Waals surface area contributed by atoms with Crippen molar-refractivity contribution in [2.45, 2.75) is 0 Å². The Hall–Kier alpha value is -3.14. The van der Waals surface area contributed by atoms with E-state index in [1.807, 2.05) is 60.7 Å². The first-order chi connectivity index (χ1) is 11.8. The predicted molar refractivity (Wildman–Crippen MR) is 93.9 cm³/mol. The average Bonchev–Trinajstić information content (AvgIpc) is 2.67. The second-order valence-corrected chi connectivity index (χ2v) is 5.21. The third kappa shape index (κ3) is 4.20. The van der Waals surface area contributed by atoms with Crippen molar-refractivity contribution in [1.29, 1.82) is 0 Å². The number of benzene rings is 2. The van der Waals surface area contributed by atoms with Gasteiger partial charge in [0.15, 0.2) is 0 Å². The van der Waals surface area contributed by atoms with Crippen LogP contribution in [0.2, 0.25) is 0 Å². The second kappa shape index (κ2) is 7.92. The molecule has 2 aromatic carbocycles. The highest BCUT2D eigenvalue weighted by molar-refractivity contribution is 5.95. The topological polar surface area (TPSA) is 51.2 Å². The Labute approximate surface area is 141 Å². The van der Waals surface area contributed by atoms with Crippen molar-refractivity contribution in [3.05, 3.63) is 84.6 Å². The lowest BCUT2D eigenvalue weighted by Crippen LogP contribution is -2.28. The number of aromatic nitrogens is 1. The Bertz CT molecular complexity index is 789. The number of hydrogen-bond acceptors (Lipinski definition) is 3. The van der Waals surface area contributed by atoms with Gasteiger partial charge in [-0.3, -0.25) is 9.78 Å². The molecule has 0 radical (unpaired) electrons. The van der Waals surface area contributed by atoms with Crippen LogP contribution in [-0.4, -0.2) is 24.0 Å². The minimum atomic E-state index is -0.133. The van der Waals surface area contributed by atoms with Crippen molar-refractivity contribution in [2.24, 2.45) is 0 Å². The molecule has 0 fully saturated rings. The summed E-state index contributed by atoms with van der Waals surface area (Å²) in [5, 5.41) is 2.86. The van der Waals surface area contributed by atoms with Crippen molar-refractivity contribution in [2.75, 3.05) is 13.2 Å². The van der Waals surface area contributed by atoms with Crippen LogP contribution in [0.25, 0.3) is 11.3 Å². The van der Waals surface area contributed by atoms with Gasteiger partial charge in [0.25, 0.3) is 5.91 Å². The molecule has 0 saturated carbocycles. The zero-order valence-electron chi connectivity index (χ0n) is 13.2. The number of nitrogens with one attached hydrogen (secondary N) is 1. The van der Waals surface area contributed by atoms with Gasteiger partial charge in [0.05, 0.1) is 12.2 Å². The summed E-state index contributed by atoms with van der Waals surface area (Å²) >= 11 is 0. The molecular formula is C20H18N2O2. The van der Waals surface area contributed by atoms with Crippen molar-refractivity contribution in [3.8, 4) is 17.0 Å². The van der Waals surface area contributed by atoms with E-state index in [1.54, 1.807) is 18.3 Å². The third-order valence-corrected chi connectivity index (χ3v) is 3.49. The summed E-state index contributed by atoms with van der Waals surface area (Å²) in [6.45, 7) is 0.864. The fraction of sp³-hybridized carbons (Fsp3) is 0.100. The monoisotopic (exact) mass is 318 g/mol. The number of pyridine rings is 1. The van der Waals surface area contributed by atoms with Gasteiger partial charge >= 0.3 is 0 Å². The minimum Gasteiger partial charge on any atom is -0.492 e. The van der Waals surface area contributed by atoms with Crippen LogP contribution in [0.3, 0.4) is 0 Å². The quantitative estimate of drug-likeness (QED) is 0.707. The first-order valence-corrected chi connectivity index (χ1v) is 7.80. The van der Waals surface area contributed by atoms with Crippen LogP contribution in [0.15, 0.2) is 79.0 Å². The molecule has 4 nitrogen and oxygen atoms in total. The van der Waals surface area contributed by atoms with E-state index in [1.165, 1.54) is 0 Å². The highest BCUT2D eigenvalue weighted by Crippen LogP contribution is 2.17. The fourth-order valence-electron chi connectivity index (χ4n) is 2.29. The smallest absolute Gasteiger partial charge is 0.251 e. The van der Waals surface area contributed by atoms with Gasteiger partial charge in [0.1, 0.15) is 12.4 Å². The van der Waals surface area contributed by atoms with Crippen molar-refractivity contribution < 1.29 is 9.53 Å². The molecule has 0 saturated heterocycles. The molecule has 3 aromatic rings. The molecule has 120 valence electrons. The van der Waals surface area contributed by atoms with Gasteiger partial charge in [-0.15, -0.1) is 0 Å². The summed E-state index contributed by atoms with van der Waals surface area (Å²) in [5.74, 6) is 0.660. The molecule has 1 amide bonds. The number of para-hydroxylation sites is 1. The lowest BCUT2D eigenvalue weighted by molar-refractivity contribution is 0.0947. The normalized spacial score (nSPS) is 10.2. The molecule has 1 heterocycles. The predicted octanol–water partition coefficient (Wildman–Crippen LogP) is 3.56. The van der Waals surface area contributed by atoms with Crippen LogP contribution < -0.4 is 10.1 Å². The number of hydrogen-bond donors (Lipinski definition) is 1. The van der Waals surface area contributed by atoms with Crippen molar-refractivity contribution in [1.82, 2.24) is 10.3 Å². The third-order valence-electron chi connectivity index (χ3n) is 3.49. The molecule has 1 aromatic heterocycles. The van der Waals surface area contributed by atoms with Crippen LogP contribution in [0.4, 0.5) is 0 Å². The molecule has 0 atom stereocenters. The zero-order valence-corrected chi connectivity index (χ0v) is 13.2. The summed E-state index contributed by atoms with van der Waals surface area (Å²) in [6.07, 6.45) is 1.65. The second-order valence-electron chi connectivity index (χ2n) is 5.21. The van der Waals surface area contributed by atoms with Gasteiger partial charge in [0, 0.05) is 17.3 Å². The highest BCUT2D eigenvalue weighted by atomic mass is 16.5. The Kier molecular flexibility index (Phi) is 5.20. The first kappa shape index (κ1) is 15.7. The van der Waals surface area contributed by atoms with E-state index in [2.05, 4.69) is 10.3 Å². The van der Waals surface area contributed by atoms with E-state index >= 15 is 0 Å². The Morgan fingerprint density at radius 2 is 1.67 bits per heavy atom. The maximum Gasteiger partial charge on any atom is 0.251 e. The molecule has 0 unspecified atom stereocenters. The van der Waals surface area contributed by atoms with Gasteiger partial charge in [-0.05, 0) is 24.3 Å². The Balaban J connectivity index is 1.55. The largest absolute Gasteiger partial charge is 0.492 e. The molecule has 0 aliphatic heterocycles. The molecule has 0 aliphatic rings. The van der Waals surface area contributed by atoms with E-state index in [9.17, 15) is 4.79 Å². The minimum absolute atomic E-state index is 0.133. The number of carbonyl (C=O) groups is 1. The van der Waals surface area contributed by atoms with E-state index in [-0.39, 0.29) is 5.91 Å². The van der Waals surface area contributed by atoms with Crippen molar-refractivity contribution in [3.63, 3.8) is 0 Å². The molecule has 24 heavy (non-hydrogen) atoms. The van der Waals surface area contributed by atoms with E-state index in [4.69, 9.17) is 4.74 Å². The van der Waals surface area contributed by atoms with Crippen molar-refractivity contribution >= 4 is 5.91 Å². The fourth-order valence-corrected chi connectivity index (χ4v) is 2.29. The van der Waals surface area contributed by atoms with Gasteiger partial charge in [0.2, 0.25) is 0 Å². The molecule has 4 heteroatoms. The maximum atomic E-state index is 12.2. The summed E-state index contributed by atoms with van der Waals surface area (Å²) in [6, 6.07) is 22.8. The van der Waals surface area contributed by atoms with E-state index < -0.39 is 0 Å². The average molecular weight is 318 g/mol. The standard InChI is InChI=1S/C20H18N2O2/c23-20(22-13-14-24-18-9-5-2-6-10-18)17-11-12-21-19(15-17)16-7-3-1-4-8-16/h1-12,15H,13-14H2,(H,22,23). The van der Waals surface area contributed by atoms with Gasteiger partial charge in [-0.25, -0.2) is 0 Å². The molecule has 3 rings (SSSR count). The summed E-state index contributed by atoms with van der Waals surface area (Å²) in [7, 11) is 0.